The first kappa shape index (κ1) is 18.4. The second-order valence-corrected chi connectivity index (χ2v) is 5.72. The van der Waals surface area contributed by atoms with Gasteiger partial charge in [0, 0.05) is 24.4 Å². The highest BCUT2D eigenvalue weighted by atomic mass is 16.5. The molecule has 2 rings (SSSR count). The molecular weight excluding hydrogens is 326 g/mol. The summed E-state index contributed by atoms with van der Waals surface area (Å²) >= 11 is 0. The van der Waals surface area contributed by atoms with Crippen molar-refractivity contribution in [3.8, 4) is 17.1 Å². The van der Waals surface area contributed by atoms with E-state index in [0.717, 1.165) is 11.3 Å². The number of aromatic nitrogens is 2. The van der Waals surface area contributed by atoms with Gasteiger partial charge in [-0.2, -0.15) is 4.98 Å². The summed E-state index contributed by atoms with van der Waals surface area (Å²) in [4.78, 5) is 27.0. The SMILES string of the molecule is COc1ccc(-c2noc(CCC(=O)NC(C)C(C)C(=O)O)n2)cc1. The van der Waals surface area contributed by atoms with Crippen LogP contribution >= 0.6 is 0 Å². The summed E-state index contributed by atoms with van der Waals surface area (Å²) in [6.07, 6.45) is 0.421. The van der Waals surface area contributed by atoms with Crippen molar-refractivity contribution >= 4 is 11.9 Å². The van der Waals surface area contributed by atoms with Crippen LogP contribution in [0.25, 0.3) is 11.4 Å². The molecule has 1 amide bonds. The van der Waals surface area contributed by atoms with Gasteiger partial charge in [0.15, 0.2) is 0 Å². The highest BCUT2D eigenvalue weighted by Crippen LogP contribution is 2.20. The van der Waals surface area contributed by atoms with Crippen LogP contribution in [0.4, 0.5) is 0 Å². The molecule has 0 aliphatic carbocycles. The van der Waals surface area contributed by atoms with E-state index in [1.165, 1.54) is 0 Å². The molecule has 0 saturated carbocycles. The molecule has 0 fully saturated rings. The first-order valence-corrected chi connectivity index (χ1v) is 7.90. The Morgan fingerprint density at radius 2 is 1.96 bits per heavy atom. The number of carboxylic acids is 1. The number of carbonyl (C=O) groups excluding carboxylic acids is 1. The molecule has 0 spiro atoms. The first-order chi connectivity index (χ1) is 11.9. The van der Waals surface area contributed by atoms with Crippen molar-refractivity contribution in [1.29, 1.82) is 0 Å². The Morgan fingerprint density at radius 1 is 1.28 bits per heavy atom. The minimum atomic E-state index is -0.950. The number of hydrogen-bond donors (Lipinski definition) is 2. The minimum Gasteiger partial charge on any atom is -0.497 e. The average Bonchev–Trinajstić information content (AvgIpc) is 3.08. The lowest BCUT2D eigenvalue weighted by atomic mass is 10.0. The van der Waals surface area contributed by atoms with Crippen LogP contribution in [0.5, 0.6) is 5.75 Å². The number of nitrogens with zero attached hydrogens (tertiary/aromatic N) is 2. The molecule has 0 saturated heterocycles. The number of ether oxygens (including phenoxy) is 1. The molecule has 2 aromatic rings. The molecule has 2 atom stereocenters. The van der Waals surface area contributed by atoms with Gasteiger partial charge in [0.25, 0.3) is 0 Å². The molecule has 8 heteroatoms. The number of nitrogens with one attached hydrogen (secondary N) is 1. The fraction of sp³-hybridized carbons (Fsp3) is 0.412. The van der Waals surface area contributed by atoms with Gasteiger partial charge in [0.2, 0.25) is 17.6 Å². The number of methoxy groups -OCH3 is 1. The van der Waals surface area contributed by atoms with Crippen LogP contribution in [-0.4, -0.2) is 40.3 Å². The van der Waals surface area contributed by atoms with Gasteiger partial charge in [-0.25, -0.2) is 0 Å². The largest absolute Gasteiger partial charge is 0.497 e. The van der Waals surface area contributed by atoms with Crippen LogP contribution < -0.4 is 10.1 Å². The zero-order chi connectivity index (χ0) is 18.4. The van der Waals surface area contributed by atoms with Crippen molar-refractivity contribution in [2.45, 2.75) is 32.7 Å². The standard InChI is InChI=1S/C17H21N3O5/c1-10(17(22)23)11(2)18-14(21)8-9-15-19-16(20-25-15)12-4-6-13(24-3)7-5-12/h4-7,10-11H,8-9H2,1-3H3,(H,18,21)(H,22,23). The molecule has 1 heterocycles. The third-order valence-corrected chi connectivity index (χ3v) is 3.91. The summed E-state index contributed by atoms with van der Waals surface area (Å²) in [5, 5.41) is 15.5. The molecule has 134 valence electrons. The third-order valence-electron chi connectivity index (χ3n) is 3.91. The lowest BCUT2D eigenvalue weighted by Gasteiger charge is -2.17. The summed E-state index contributed by atoms with van der Waals surface area (Å²) < 4.78 is 10.2. The van der Waals surface area contributed by atoms with E-state index in [1.54, 1.807) is 33.1 Å². The summed E-state index contributed by atoms with van der Waals surface area (Å²) in [6, 6.07) is 6.76. The highest BCUT2D eigenvalue weighted by Gasteiger charge is 2.21. The number of carboxylic acid groups (broad SMARTS) is 1. The summed E-state index contributed by atoms with van der Waals surface area (Å²) in [6.45, 7) is 3.21. The number of rotatable bonds is 8. The van der Waals surface area contributed by atoms with Crippen molar-refractivity contribution in [2.75, 3.05) is 7.11 Å². The van der Waals surface area contributed by atoms with Crippen LogP contribution in [0.15, 0.2) is 28.8 Å². The molecule has 0 aliphatic rings. The Kier molecular flexibility index (Phi) is 6.10. The summed E-state index contributed by atoms with van der Waals surface area (Å²) in [5.74, 6) is -0.354. The Labute approximate surface area is 145 Å². The maximum absolute atomic E-state index is 11.9. The molecule has 0 radical (unpaired) electrons. The van der Waals surface area contributed by atoms with Gasteiger partial charge in [-0.1, -0.05) is 5.16 Å². The van der Waals surface area contributed by atoms with Crippen LogP contribution in [0.3, 0.4) is 0 Å². The molecule has 0 bridgehead atoms. The topological polar surface area (TPSA) is 115 Å². The lowest BCUT2D eigenvalue weighted by Crippen LogP contribution is -2.40. The number of aliphatic carboxylic acids is 1. The van der Waals surface area contributed by atoms with E-state index in [2.05, 4.69) is 15.5 Å². The lowest BCUT2D eigenvalue weighted by molar-refractivity contribution is -0.142. The van der Waals surface area contributed by atoms with Crippen molar-refractivity contribution in [3.05, 3.63) is 30.2 Å². The Morgan fingerprint density at radius 3 is 2.56 bits per heavy atom. The Bertz CT molecular complexity index is 726. The molecule has 8 nitrogen and oxygen atoms in total. The molecule has 0 aliphatic heterocycles. The molecule has 1 aromatic heterocycles. The predicted molar refractivity (Wildman–Crippen MR) is 89.0 cm³/mol. The first-order valence-electron chi connectivity index (χ1n) is 7.90. The number of carbonyl (C=O) groups is 2. The minimum absolute atomic E-state index is 0.140. The van der Waals surface area contributed by atoms with Gasteiger partial charge in [-0.15, -0.1) is 0 Å². The maximum Gasteiger partial charge on any atom is 0.308 e. The van der Waals surface area contributed by atoms with E-state index in [0.29, 0.717) is 11.7 Å². The number of benzene rings is 1. The normalized spacial score (nSPS) is 13.1. The number of aryl methyl sites for hydroxylation is 1. The van der Waals surface area contributed by atoms with E-state index < -0.39 is 17.9 Å². The van der Waals surface area contributed by atoms with Crippen molar-refractivity contribution in [1.82, 2.24) is 15.5 Å². The molecular formula is C17H21N3O5. The third kappa shape index (κ3) is 5.03. The Balaban J connectivity index is 1.88. The zero-order valence-electron chi connectivity index (χ0n) is 14.4. The molecule has 1 aromatic carbocycles. The number of hydrogen-bond acceptors (Lipinski definition) is 6. The number of amides is 1. The van der Waals surface area contributed by atoms with E-state index in [4.69, 9.17) is 14.4 Å². The second kappa shape index (κ2) is 8.27. The Hall–Kier alpha value is -2.90. The van der Waals surface area contributed by atoms with Crippen molar-refractivity contribution in [3.63, 3.8) is 0 Å². The van der Waals surface area contributed by atoms with Gasteiger partial charge < -0.3 is 19.7 Å². The quantitative estimate of drug-likeness (QED) is 0.749. The van der Waals surface area contributed by atoms with E-state index >= 15 is 0 Å². The average molecular weight is 347 g/mol. The molecule has 25 heavy (non-hydrogen) atoms. The van der Waals surface area contributed by atoms with Gasteiger partial charge in [-0.05, 0) is 38.1 Å². The predicted octanol–water partition coefficient (Wildman–Crippen LogP) is 1.90. The van der Waals surface area contributed by atoms with E-state index in [-0.39, 0.29) is 18.7 Å². The van der Waals surface area contributed by atoms with Gasteiger partial charge in [0.05, 0.1) is 13.0 Å². The van der Waals surface area contributed by atoms with Gasteiger partial charge in [-0.3, -0.25) is 9.59 Å². The van der Waals surface area contributed by atoms with Crippen LogP contribution in [0.2, 0.25) is 0 Å². The monoisotopic (exact) mass is 347 g/mol. The van der Waals surface area contributed by atoms with E-state index in [1.807, 2.05) is 12.1 Å². The fourth-order valence-corrected chi connectivity index (χ4v) is 2.10. The highest BCUT2D eigenvalue weighted by molar-refractivity contribution is 5.78. The second-order valence-electron chi connectivity index (χ2n) is 5.72. The van der Waals surface area contributed by atoms with Crippen LogP contribution in [0, 0.1) is 5.92 Å². The van der Waals surface area contributed by atoms with Gasteiger partial charge >= 0.3 is 5.97 Å². The van der Waals surface area contributed by atoms with Gasteiger partial charge in [0.1, 0.15) is 5.75 Å². The van der Waals surface area contributed by atoms with Crippen LogP contribution in [-0.2, 0) is 16.0 Å². The van der Waals surface area contributed by atoms with Crippen LogP contribution in [0.1, 0.15) is 26.2 Å². The molecule has 2 N–H and O–H groups in total. The zero-order valence-corrected chi connectivity index (χ0v) is 14.4. The summed E-state index contributed by atoms with van der Waals surface area (Å²) in [7, 11) is 1.59. The van der Waals surface area contributed by atoms with E-state index in [9.17, 15) is 9.59 Å². The van der Waals surface area contributed by atoms with Crippen molar-refractivity contribution < 1.29 is 24.0 Å². The summed E-state index contributed by atoms with van der Waals surface area (Å²) in [5.41, 5.74) is 0.782. The maximum atomic E-state index is 11.9. The fourth-order valence-electron chi connectivity index (χ4n) is 2.10. The molecule has 2 unspecified atom stereocenters. The smallest absolute Gasteiger partial charge is 0.308 e. The van der Waals surface area contributed by atoms with Crippen molar-refractivity contribution in [2.24, 2.45) is 5.92 Å².